The van der Waals surface area contributed by atoms with Crippen LogP contribution in [0.4, 0.5) is 0 Å². The summed E-state index contributed by atoms with van der Waals surface area (Å²) in [6.07, 6.45) is 3.54. The number of hydrogen-bond donors (Lipinski definition) is 0. The lowest BCUT2D eigenvalue weighted by Crippen LogP contribution is -2.22. The number of methoxy groups -OCH3 is 1. The van der Waals surface area contributed by atoms with Gasteiger partial charge in [0.25, 0.3) is 0 Å². The van der Waals surface area contributed by atoms with Gasteiger partial charge in [-0.2, -0.15) is 0 Å². The lowest BCUT2D eigenvalue weighted by Gasteiger charge is -2.20. The van der Waals surface area contributed by atoms with Crippen LogP contribution in [0.15, 0.2) is 19.0 Å². The highest BCUT2D eigenvalue weighted by atomic mass is 16.5. The van der Waals surface area contributed by atoms with E-state index >= 15 is 0 Å². The van der Waals surface area contributed by atoms with E-state index in [1.165, 1.54) is 0 Å². The Hall–Kier alpha value is -1.22. The molecule has 0 aromatic carbocycles. The molecule has 3 heteroatoms. The molecule has 0 bridgehead atoms. The van der Waals surface area contributed by atoms with Gasteiger partial charge in [-0.25, -0.2) is 9.97 Å². The molecule has 14 heavy (non-hydrogen) atoms. The van der Waals surface area contributed by atoms with Gasteiger partial charge in [0.1, 0.15) is 5.60 Å². The van der Waals surface area contributed by atoms with Gasteiger partial charge in [-0.15, -0.1) is 0 Å². The second-order valence-electron chi connectivity index (χ2n) is 3.79. The predicted molar refractivity (Wildman–Crippen MR) is 56.8 cm³/mol. The summed E-state index contributed by atoms with van der Waals surface area (Å²) in [5.74, 6) is 0.685. The van der Waals surface area contributed by atoms with Crippen molar-refractivity contribution in [1.29, 1.82) is 0 Å². The van der Waals surface area contributed by atoms with Crippen LogP contribution in [-0.2, 0) is 10.3 Å². The van der Waals surface area contributed by atoms with Crippen LogP contribution in [0.2, 0.25) is 0 Å². The van der Waals surface area contributed by atoms with E-state index < -0.39 is 5.60 Å². The van der Waals surface area contributed by atoms with Crippen molar-refractivity contribution in [2.75, 3.05) is 7.11 Å². The minimum Gasteiger partial charge on any atom is -0.371 e. The van der Waals surface area contributed by atoms with Crippen molar-refractivity contribution < 1.29 is 4.74 Å². The van der Waals surface area contributed by atoms with E-state index in [2.05, 4.69) is 16.5 Å². The average Bonchev–Trinajstić information content (AvgIpc) is 2.18. The minimum absolute atomic E-state index is 0.437. The summed E-state index contributed by atoms with van der Waals surface area (Å²) in [7, 11) is 1.65. The fourth-order valence-corrected chi connectivity index (χ4v) is 0.951. The van der Waals surface area contributed by atoms with Gasteiger partial charge < -0.3 is 4.74 Å². The molecule has 1 aromatic heterocycles. The summed E-state index contributed by atoms with van der Waals surface area (Å²) in [4.78, 5) is 8.49. The number of allylic oxidation sites excluding steroid dienone is 1. The number of hydrogen-bond acceptors (Lipinski definition) is 3. The third kappa shape index (κ3) is 2.17. The standard InChI is InChI=1S/C11H16N2O/c1-8(2)9-6-12-10(13-7-9)11(3,4)14-5/h6-7H,1H2,2-5H3. The Balaban J connectivity index is 2.99. The van der Waals surface area contributed by atoms with E-state index in [0.717, 1.165) is 11.1 Å². The van der Waals surface area contributed by atoms with Gasteiger partial charge in [0.15, 0.2) is 5.82 Å². The van der Waals surface area contributed by atoms with Gasteiger partial charge in [0, 0.05) is 25.1 Å². The molecule has 3 nitrogen and oxygen atoms in total. The van der Waals surface area contributed by atoms with Gasteiger partial charge in [-0.05, 0) is 26.3 Å². The molecule has 0 aliphatic carbocycles. The summed E-state index contributed by atoms with van der Waals surface area (Å²) in [5.41, 5.74) is 1.49. The molecule has 0 unspecified atom stereocenters. The third-order valence-corrected chi connectivity index (χ3v) is 2.19. The molecule has 1 aromatic rings. The summed E-state index contributed by atoms with van der Waals surface area (Å²) >= 11 is 0. The predicted octanol–water partition coefficient (Wildman–Crippen LogP) is 2.39. The highest BCUT2D eigenvalue weighted by Crippen LogP contribution is 2.20. The molecular formula is C11H16N2O. The summed E-state index contributed by atoms with van der Waals surface area (Å²) in [6, 6.07) is 0. The third-order valence-electron chi connectivity index (χ3n) is 2.19. The van der Waals surface area contributed by atoms with Crippen LogP contribution in [0.1, 0.15) is 32.2 Å². The van der Waals surface area contributed by atoms with Crippen LogP contribution in [0.5, 0.6) is 0 Å². The van der Waals surface area contributed by atoms with Crippen molar-refractivity contribution in [2.24, 2.45) is 0 Å². The van der Waals surface area contributed by atoms with Gasteiger partial charge in [-0.3, -0.25) is 0 Å². The van der Waals surface area contributed by atoms with Crippen molar-refractivity contribution in [2.45, 2.75) is 26.4 Å². The maximum Gasteiger partial charge on any atom is 0.159 e. The summed E-state index contributed by atoms with van der Waals surface area (Å²) in [5, 5.41) is 0. The van der Waals surface area contributed by atoms with Crippen LogP contribution in [0.25, 0.3) is 5.57 Å². The van der Waals surface area contributed by atoms with Crippen molar-refractivity contribution in [3.63, 3.8) is 0 Å². The molecule has 0 amide bonds. The zero-order valence-corrected chi connectivity index (χ0v) is 9.16. The maximum absolute atomic E-state index is 5.28. The largest absolute Gasteiger partial charge is 0.371 e. The first-order valence-electron chi connectivity index (χ1n) is 4.51. The van der Waals surface area contributed by atoms with E-state index in [9.17, 15) is 0 Å². The molecule has 0 aliphatic heterocycles. The Morgan fingerprint density at radius 1 is 1.36 bits per heavy atom. The average molecular weight is 192 g/mol. The number of aromatic nitrogens is 2. The Morgan fingerprint density at radius 2 is 1.86 bits per heavy atom. The van der Waals surface area contributed by atoms with Crippen LogP contribution >= 0.6 is 0 Å². The molecule has 0 fully saturated rings. The highest BCUT2D eigenvalue weighted by molar-refractivity contribution is 5.59. The van der Waals surface area contributed by atoms with E-state index in [4.69, 9.17) is 4.74 Å². The molecule has 0 saturated carbocycles. The monoisotopic (exact) mass is 192 g/mol. The molecule has 0 spiro atoms. The first kappa shape index (κ1) is 10.9. The van der Waals surface area contributed by atoms with Crippen LogP contribution < -0.4 is 0 Å². The van der Waals surface area contributed by atoms with Gasteiger partial charge in [-0.1, -0.05) is 6.58 Å². The number of rotatable bonds is 3. The highest BCUT2D eigenvalue weighted by Gasteiger charge is 2.22. The fraction of sp³-hybridized carbons (Fsp3) is 0.455. The molecule has 76 valence electrons. The lowest BCUT2D eigenvalue weighted by atomic mass is 10.1. The Kier molecular flexibility index (Phi) is 3.01. The molecule has 0 saturated heterocycles. The van der Waals surface area contributed by atoms with Crippen molar-refractivity contribution >= 4 is 5.57 Å². The van der Waals surface area contributed by atoms with Gasteiger partial charge in [0.05, 0.1) is 0 Å². The summed E-state index contributed by atoms with van der Waals surface area (Å²) in [6.45, 7) is 9.62. The van der Waals surface area contributed by atoms with E-state index in [0.29, 0.717) is 5.82 Å². The van der Waals surface area contributed by atoms with Gasteiger partial charge in [0.2, 0.25) is 0 Å². The number of nitrogens with zero attached hydrogens (tertiary/aromatic N) is 2. The Morgan fingerprint density at radius 3 is 2.21 bits per heavy atom. The quantitative estimate of drug-likeness (QED) is 0.737. The van der Waals surface area contributed by atoms with Crippen LogP contribution in [0.3, 0.4) is 0 Å². The zero-order valence-electron chi connectivity index (χ0n) is 9.16. The van der Waals surface area contributed by atoms with E-state index in [1.807, 2.05) is 20.8 Å². The summed E-state index contributed by atoms with van der Waals surface area (Å²) < 4.78 is 5.28. The van der Waals surface area contributed by atoms with Crippen LogP contribution in [0, 0.1) is 0 Å². The molecule has 0 aliphatic rings. The first-order chi connectivity index (χ1) is 6.47. The number of ether oxygens (including phenoxy) is 1. The maximum atomic E-state index is 5.28. The first-order valence-corrected chi connectivity index (χ1v) is 4.51. The molecule has 1 heterocycles. The fourth-order valence-electron chi connectivity index (χ4n) is 0.951. The van der Waals surface area contributed by atoms with Crippen molar-refractivity contribution in [1.82, 2.24) is 9.97 Å². The van der Waals surface area contributed by atoms with Crippen molar-refractivity contribution in [3.8, 4) is 0 Å². The molecule has 0 N–H and O–H groups in total. The zero-order chi connectivity index (χ0) is 10.8. The second-order valence-corrected chi connectivity index (χ2v) is 3.79. The van der Waals surface area contributed by atoms with Crippen molar-refractivity contribution in [3.05, 3.63) is 30.4 Å². The van der Waals surface area contributed by atoms with E-state index in [-0.39, 0.29) is 0 Å². The molecule has 1 rings (SSSR count). The Bertz CT molecular complexity index is 328. The Labute approximate surface area is 84.8 Å². The SMILES string of the molecule is C=C(C)c1cnc(C(C)(C)OC)nc1. The van der Waals surface area contributed by atoms with Gasteiger partial charge >= 0.3 is 0 Å². The molecular weight excluding hydrogens is 176 g/mol. The minimum atomic E-state index is -0.437. The smallest absolute Gasteiger partial charge is 0.159 e. The topological polar surface area (TPSA) is 35.0 Å². The van der Waals surface area contributed by atoms with Crippen LogP contribution in [-0.4, -0.2) is 17.1 Å². The normalized spacial score (nSPS) is 11.4. The lowest BCUT2D eigenvalue weighted by molar-refractivity contribution is 0.0114. The van der Waals surface area contributed by atoms with E-state index in [1.54, 1.807) is 19.5 Å². The molecule has 0 radical (unpaired) electrons. The molecule has 0 atom stereocenters. The second kappa shape index (κ2) is 3.88.